The van der Waals surface area contributed by atoms with Crippen LogP contribution in [0.15, 0.2) is 15.9 Å². The fourth-order valence-electron chi connectivity index (χ4n) is 2.62. The molecule has 1 aromatic heterocycles. The Kier molecular flexibility index (Phi) is 6.25. The van der Waals surface area contributed by atoms with Gasteiger partial charge in [-0.05, 0) is 41.0 Å². The van der Waals surface area contributed by atoms with Crippen LogP contribution in [-0.4, -0.2) is 60.8 Å². The molecule has 0 saturated carbocycles. The smallest absolute Gasteiger partial charge is 0.0702 e. The van der Waals surface area contributed by atoms with Crippen LogP contribution in [0.25, 0.3) is 0 Å². The largest absolute Gasteiger partial charge is 0.395 e. The molecule has 3 N–H and O–H groups in total. The van der Waals surface area contributed by atoms with E-state index in [1.165, 1.54) is 4.88 Å². The lowest BCUT2D eigenvalue weighted by Crippen LogP contribution is -2.37. The summed E-state index contributed by atoms with van der Waals surface area (Å²) in [7, 11) is 0. The highest BCUT2D eigenvalue weighted by Gasteiger charge is 2.23. The minimum atomic E-state index is 0.248. The fourth-order valence-corrected chi connectivity index (χ4v) is 4.19. The number of hydrogen-bond acceptors (Lipinski definition) is 5. The van der Waals surface area contributed by atoms with Gasteiger partial charge in [-0.1, -0.05) is 0 Å². The van der Waals surface area contributed by atoms with Gasteiger partial charge in [-0.3, -0.25) is 9.80 Å². The zero-order valence-corrected chi connectivity index (χ0v) is 13.5. The summed E-state index contributed by atoms with van der Waals surface area (Å²) in [6.07, 6.45) is 1.14. The number of aliphatic hydroxyl groups excluding tert-OH is 1. The molecule has 1 fully saturated rings. The van der Waals surface area contributed by atoms with E-state index in [9.17, 15) is 0 Å². The first-order valence-corrected chi connectivity index (χ1v) is 8.38. The van der Waals surface area contributed by atoms with Crippen molar-refractivity contribution < 1.29 is 5.11 Å². The summed E-state index contributed by atoms with van der Waals surface area (Å²) in [6.45, 7) is 5.89. The van der Waals surface area contributed by atoms with Crippen LogP contribution in [0.4, 0.5) is 0 Å². The van der Waals surface area contributed by atoms with Gasteiger partial charge < -0.3 is 10.8 Å². The van der Waals surface area contributed by atoms with Gasteiger partial charge >= 0.3 is 0 Å². The van der Waals surface area contributed by atoms with Gasteiger partial charge in [-0.25, -0.2) is 0 Å². The number of hydrogen-bond donors (Lipinski definition) is 2. The molecular formula is C13H22BrN3OS. The summed E-state index contributed by atoms with van der Waals surface area (Å²) >= 11 is 5.30. The minimum Gasteiger partial charge on any atom is -0.395 e. The van der Waals surface area contributed by atoms with E-state index in [-0.39, 0.29) is 6.61 Å². The molecule has 1 aromatic rings. The van der Waals surface area contributed by atoms with Gasteiger partial charge in [0.15, 0.2) is 0 Å². The van der Waals surface area contributed by atoms with Crippen molar-refractivity contribution in [1.82, 2.24) is 9.80 Å². The van der Waals surface area contributed by atoms with Crippen molar-refractivity contribution in [2.45, 2.75) is 12.5 Å². The van der Waals surface area contributed by atoms with E-state index < -0.39 is 0 Å². The van der Waals surface area contributed by atoms with Crippen molar-refractivity contribution in [2.24, 2.45) is 5.73 Å². The van der Waals surface area contributed by atoms with Gasteiger partial charge in [-0.2, -0.15) is 0 Å². The second-order valence-electron chi connectivity index (χ2n) is 4.85. The molecule has 0 spiro atoms. The first-order chi connectivity index (χ1) is 9.24. The van der Waals surface area contributed by atoms with E-state index in [1.807, 2.05) is 0 Å². The third-order valence-electron chi connectivity index (χ3n) is 3.63. The molecule has 108 valence electrons. The molecule has 0 bridgehead atoms. The van der Waals surface area contributed by atoms with E-state index in [0.717, 1.165) is 42.9 Å². The van der Waals surface area contributed by atoms with E-state index in [0.29, 0.717) is 12.6 Å². The molecule has 6 heteroatoms. The summed E-state index contributed by atoms with van der Waals surface area (Å²) in [5.41, 5.74) is 5.99. The van der Waals surface area contributed by atoms with Crippen LogP contribution in [0.2, 0.25) is 0 Å². The van der Waals surface area contributed by atoms with E-state index in [2.05, 4.69) is 37.9 Å². The van der Waals surface area contributed by atoms with Gasteiger partial charge in [0.25, 0.3) is 0 Å². The van der Waals surface area contributed by atoms with Gasteiger partial charge in [0.2, 0.25) is 0 Å². The number of aliphatic hydroxyl groups is 1. The predicted molar refractivity (Wildman–Crippen MR) is 83.5 cm³/mol. The Morgan fingerprint density at radius 2 is 2.16 bits per heavy atom. The molecule has 0 radical (unpaired) electrons. The van der Waals surface area contributed by atoms with E-state index >= 15 is 0 Å². The quantitative estimate of drug-likeness (QED) is 0.847. The molecule has 4 nitrogen and oxygen atoms in total. The molecule has 1 aliphatic heterocycles. The normalized spacial score (nSPS) is 20.4. The molecule has 0 amide bonds. The van der Waals surface area contributed by atoms with Crippen molar-refractivity contribution in [1.29, 1.82) is 0 Å². The fraction of sp³-hybridized carbons (Fsp3) is 0.692. The average Bonchev–Trinajstić information content (AvgIpc) is 2.69. The van der Waals surface area contributed by atoms with Crippen LogP contribution in [-0.2, 0) is 0 Å². The summed E-state index contributed by atoms with van der Waals surface area (Å²) in [5, 5.41) is 9.03. The molecule has 0 aliphatic carbocycles. The monoisotopic (exact) mass is 347 g/mol. The highest BCUT2D eigenvalue weighted by molar-refractivity contribution is 9.11. The zero-order valence-electron chi connectivity index (χ0n) is 11.1. The molecule has 1 aliphatic rings. The third-order valence-corrected chi connectivity index (χ3v) is 5.35. The molecule has 2 rings (SSSR count). The highest BCUT2D eigenvalue weighted by Crippen LogP contribution is 2.30. The number of halogens is 1. The SMILES string of the molecule is NCC(c1ccc(Br)s1)N1CCCN(CCO)CC1. The molecule has 0 aromatic carbocycles. The molecule has 1 unspecified atom stereocenters. The highest BCUT2D eigenvalue weighted by atomic mass is 79.9. The Balaban J connectivity index is 1.99. The predicted octanol–water partition coefficient (Wildman–Crippen LogP) is 1.51. The van der Waals surface area contributed by atoms with Crippen LogP contribution in [0.1, 0.15) is 17.3 Å². The van der Waals surface area contributed by atoms with E-state index in [1.54, 1.807) is 11.3 Å². The van der Waals surface area contributed by atoms with Crippen LogP contribution in [0.5, 0.6) is 0 Å². The van der Waals surface area contributed by atoms with Crippen molar-refractivity contribution in [3.05, 3.63) is 20.8 Å². The lowest BCUT2D eigenvalue weighted by molar-refractivity contribution is 0.183. The maximum atomic E-state index is 9.03. The van der Waals surface area contributed by atoms with Gasteiger partial charge in [0.05, 0.1) is 16.4 Å². The van der Waals surface area contributed by atoms with Crippen LogP contribution in [0.3, 0.4) is 0 Å². The third kappa shape index (κ3) is 4.24. The van der Waals surface area contributed by atoms with Crippen molar-refractivity contribution in [2.75, 3.05) is 45.9 Å². The molecule has 19 heavy (non-hydrogen) atoms. The van der Waals surface area contributed by atoms with Gasteiger partial charge in [-0.15, -0.1) is 11.3 Å². The summed E-state index contributed by atoms with van der Waals surface area (Å²) in [6, 6.07) is 4.59. The number of nitrogens with two attached hydrogens (primary N) is 1. The summed E-state index contributed by atoms with van der Waals surface area (Å²) in [4.78, 5) is 6.15. The lowest BCUT2D eigenvalue weighted by Gasteiger charge is -2.29. The van der Waals surface area contributed by atoms with Crippen LogP contribution < -0.4 is 5.73 Å². The number of thiophene rings is 1. The van der Waals surface area contributed by atoms with Crippen molar-refractivity contribution in [3.63, 3.8) is 0 Å². The van der Waals surface area contributed by atoms with Crippen LogP contribution >= 0.6 is 27.3 Å². The van der Waals surface area contributed by atoms with Gasteiger partial charge in [0, 0.05) is 37.6 Å². The topological polar surface area (TPSA) is 52.7 Å². The second kappa shape index (κ2) is 7.71. The summed E-state index contributed by atoms with van der Waals surface area (Å²) in [5.74, 6) is 0. The zero-order chi connectivity index (χ0) is 13.7. The van der Waals surface area contributed by atoms with E-state index in [4.69, 9.17) is 10.8 Å². The van der Waals surface area contributed by atoms with Crippen molar-refractivity contribution in [3.8, 4) is 0 Å². The van der Waals surface area contributed by atoms with Gasteiger partial charge in [0.1, 0.15) is 0 Å². The number of β-amino-alcohol motifs (C(OH)–C–C–N with tert-alkyl or cyclic N) is 1. The van der Waals surface area contributed by atoms with Crippen molar-refractivity contribution >= 4 is 27.3 Å². The first-order valence-electron chi connectivity index (χ1n) is 6.77. The Hall–Kier alpha value is 0.0200. The second-order valence-corrected chi connectivity index (χ2v) is 7.34. The average molecular weight is 348 g/mol. The number of rotatable bonds is 5. The molecule has 1 saturated heterocycles. The minimum absolute atomic E-state index is 0.248. The maximum Gasteiger partial charge on any atom is 0.0702 e. The molecular weight excluding hydrogens is 326 g/mol. The maximum absolute atomic E-state index is 9.03. The Morgan fingerprint density at radius 3 is 2.79 bits per heavy atom. The summed E-state index contributed by atoms with van der Waals surface area (Å²) < 4.78 is 1.16. The van der Waals surface area contributed by atoms with Crippen LogP contribution in [0, 0.1) is 0 Å². The Bertz CT molecular complexity index is 388. The first kappa shape index (κ1) is 15.4. The lowest BCUT2D eigenvalue weighted by atomic mass is 10.2. The Morgan fingerprint density at radius 1 is 1.32 bits per heavy atom. The molecule has 2 heterocycles. The standard InChI is InChI=1S/C13H22BrN3OS/c14-13-3-2-12(19-13)11(10-15)17-5-1-4-16(6-7-17)8-9-18/h2-3,11,18H,1,4-10,15H2. The number of nitrogens with zero attached hydrogens (tertiary/aromatic N) is 2. The molecule has 1 atom stereocenters. The Labute approximate surface area is 127 Å².